The predicted octanol–water partition coefficient (Wildman–Crippen LogP) is 3.87. The SMILES string of the molecule is Clc1csc2nc(-n3ccnc3)nc(NCc3ccc4c(c3)OCO4)c12. The Morgan fingerprint density at radius 2 is 2.15 bits per heavy atom. The highest BCUT2D eigenvalue weighted by molar-refractivity contribution is 7.17. The lowest BCUT2D eigenvalue weighted by atomic mass is 10.2. The average molecular weight is 386 g/mol. The number of thiophene rings is 1. The van der Waals surface area contributed by atoms with Gasteiger partial charge in [-0.05, 0) is 17.7 Å². The Kier molecular flexibility index (Phi) is 3.65. The molecule has 5 rings (SSSR count). The van der Waals surface area contributed by atoms with E-state index in [-0.39, 0.29) is 6.79 Å². The minimum absolute atomic E-state index is 0.261. The Hall–Kier alpha value is -2.84. The summed E-state index contributed by atoms with van der Waals surface area (Å²) in [6, 6.07) is 5.86. The maximum Gasteiger partial charge on any atom is 0.238 e. The zero-order valence-corrected chi connectivity index (χ0v) is 14.9. The van der Waals surface area contributed by atoms with Crippen LogP contribution in [-0.2, 0) is 6.54 Å². The van der Waals surface area contributed by atoms with Crippen molar-refractivity contribution < 1.29 is 9.47 Å². The van der Waals surface area contributed by atoms with Gasteiger partial charge in [0.1, 0.15) is 17.0 Å². The summed E-state index contributed by atoms with van der Waals surface area (Å²) in [5.74, 6) is 2.75. The molecule has 0 fully saturated rings. The standard InChI is InChI=1S/C17H12ClN5O2S/c18-11-7-26-16-14(11)15(21-17(22-16)23-4-3-19-8-23)20-6-10-1-2-12-13(5-10)25-9-24-12/h1-5,7-8H,6,9H2,(H,20,21,22). The van der Waals surface area contributed by atoms with E-state index in [0.29, 0.717) is 23.3 Å². The first-order valence-electron chi connectivity index (χ1n) is 7.83. The summed E-state index contributed by atoms with van der Waals surface area (Å²) in [6.07, 6.45) is 5.16. The molecule has 0 bridgehead atoms. The molecule has 0 aliphatic carbocycles. The van der Waals surface area contributed by atoms with Crippen LogP contribution in [0.3, 0.4) is 0 Å². The van der Waals surface area contributed by atoms with Gasteiger partial charge in [0, 0.05) is 24.3 Å². The summed E-state index contributed by atoms with van der Waals surface area (Å²) >= 11 is 7.83. The number of hydrogen-bond acceptors (Lipinski definition) is 7. The second-order valence-electron chi connectivity index (χ2n) is 5.65. The summed E-state index contributed by atoms with van der Waals surface area (Å²) < 4.78 is 12.5. The maximum atomic E-state index is 6.35. The van der Waals surface area contributed by atoms with Crippen molar-refractivity contribution in [3.63, 3.8) is 0 Å². The summed E-state index contributed by atoms with van der Waals surface area (Å²) in [6.45, 7) is 0.829. The molecule has 0 unspecified atom stereocenters. The molecular formula is C17H12ClN5O2S. The predicted molar refractivity (Wildman–Crippen MR) is 99.4 cm³/mol. The van der Waals surface area contributed by atoms with Crippen LogP contribution in [0.15, 0.2) is 42.3 Å². The van der Waals surface area contributed by atoms with Gasteiger partial charge >= 0.3 is 0 Å². The van der Waals surface area contributed by atoms with Gasteiger partial charge in [0.2, 0.25) is 12.7 Å². The van der Waals surface area contributed by atoms with E-state index in [1.807, 2.05) is 23.6 Å². The van der Waals surface area contributed by atoms with Gasteiger partial charge in [-0.15, -0.1) is 11.3 Å². The van der Waals surface area contributed by atoms with E-state index >= 15 is 0 Å². The van der Waals surface area contributed by atoms with Crippen molar-refractivity contribution in [1.29, 1.82) is 0 Å². The molecule has 4 heterocycles. The fraction of sp³-hybridized carbons (Fsp3) is 0.118. The number of aromatic nitrogens is 4. The van der Waals surface area contributed by atoms with E-state index in [1.165, 1.54) is 11.3 Å². The maximum absolute atomic E-state index is 6.35. The monoisotopic (exact) mass is 385 g/mol. The molecule has 4 aromatic rings. The third-order valence-corrected chi connectivity index (χ3v) is 5.31. The number of nitrogens with zero attached hydrogens (tertiary/aromatic N) is 4. The van der Waals surface area contributed by atoms with Gasteiger partial charge in [-0.25, -0.2) is 9.97 Å². The molecule has 0 amide bonds. The number of halogens is 1. The first-order chi connectivity index (χ1) is 12.8. The number of anilines is 1. The van der Waals surface area contributed by atoms with Crippen LogP contribution in [0.5, 0.6) is 11.5 Å². The first-order valence-corrected chi connectivity index (χ1v) is 9.09. The molecule has 1 aliphatic rings. The van der Waals surface area contributed by atoms with Gasteiger partial charge in [0.05, 0.1) is 10.4 Å². The number of fused-ring (bicyclic) bond motifs is 2. The lowest BCUT2D eigenvalue weighted by Crippen LogP contribution is -2.06. The highest BCUT2D eigenvalue weighted by atomic mass is 35.5. The molecule has 7 nitrogen and oxygen atoms in total. The van der Waals surface area contributed by atoms with Gasteiger partial charge in [-0.1, -0.05) is 17.7 Å². The van der Waals surface area contributed by atoms with Crippen molar-refractivity contribution in [2.45, 2.75) is 6.54 Å². The normalized spacial score (nSPS) is 12.7. The summed E-state index contributed by atoms with van der Waals surface area (Å²) in [5, 5.41) is 6.69. The number of ether oxygens (including phenoxy) is 2. The largest absolute Gasteiger partial charge is 0.454 e. The number of benzene rings is 1. The molecule has 26 heavy (non-hydrogen) atoms. The Balaban J connectivity index is 1.50. The van der Waals surface area contributed by atoms with Crippen molar-refractivity contribution in [2.75, 3.05) is 12.1 Å². The Labute approximate surface area is 157 Å². The molecule has 0 saturated heterocycles. The zero-order chi connectivity index (χ0) is 17.5. The van der Waals surface area contributed by atoms with Crippen LogP contribution in [0, 0.1) is 0 Å². The number of hydrogen-bond donors (Lipinski definition) is 1. The molecular weight excluding hydrogens is 374 g/mol. The topological polar surface area (TPSA) is 74.1 Å². The lowest BCUT2D eigenvalue weighted by Gasteiger charge is -2.10. The Morgan fingerprint density at radius 3 is 3.04 bits per heavy atom. The van der Waals surface area contributed by atoms with Crippen molar-refractivity contribution in [3.8, 4) is 17.4 Å². The molecule has 1 aliphatic heterocycles. The Bertz CT molecular complexity index is 1100. The van der Waals surface area contributed by atoms with Crippen molar-refractivity contribution in [2.24, 2.45) is 0 Å². The average Bonchev–Trinajstić information content (AvgIpc) is 3.40. The van der Waals surface area contributed by atoms with Crippen LogP contribution in [0.1, 0.15) is 5.56 Å². The van der Waals surface area contributed by atoms with Gasteiger partial charge in [-0.2, -0.15) is 4.98 Å². The minimum Gasteiger partial charge on any atom is -0.454 e. The van der Waals surface area contributed by atoms with Crippen LogP contribution < -0.4 is 14.8 Å². The van der Waals surface area contributed by atoms with Crippen molar-refractivity contribution in [3.05, 3.63) is 52.9 Å². The highest BCUT2D eigenvalue weighted by Gasteiger charge is 2.16. The smallest absolute Gasteiger partial charge is 0.238 e. The molecule has 1 N–H and O–H groups in total. The second-order valence-corrected chi connectivity index (χ2v) is 6.91. The molecule has 0 saturated carbocycles. The summed E-state index contributed by atoms with van der Waals surface area (Å²) in [4.78, 5) is 14.1. The van der Waals surface area contributed by atoms with Gasteiger partial charge in [0.25, 0.3) is 0 Å². The van der Waals surface area contributed by atoms with E-state index in [0.717, 1.165) is 27.3 Å². The molecule has 1 aromatic carbocycles. The van der Waals surface area contributed by atoms with Crippen LogP contribution in [-0.4, -0.2) is 26.3 Å². The number of nitrogens with one attached hydrogen (secondary N) is 1. The molecule has 9 heteroatoms. The zero-order valence-electron chi connectivity index (χ0n) is 13.3. The number of rotatable bonds is 4. The number of imidazole rings is 1. The minimum atomic E-state index is 0.261. The first kappa shape index (κ1) is 15.4. The van der Waals surface area contributed by atoms with Gasteiger partial charge < -0.3 is 14.8 Å². The van der Waals surface area contributed by atoms with E-state index in [2.05, 4.69) is 20.3 Å². The van der Waals surface area contributed by atoms with Gasteiger partial charge in [-0.3, -0.25) is 4.57 Å². The van der Waals surface area contributed by atoms with E-state index in [1.54, 1.807) is 23.3 Å². The molecule has 0 atom stereocenters. The Morgan fingerprint density at radius 1 is 1.23 bits per heavy atom. The van der Waals surface area contributed by atoms with Crippen LogP contribution in [0.25, 0.3) is 16.2 Å². The fourth-order valence-electron chi connectivity index (χ4n) is 2.75. The van der Waals surface area contributed by atoms with E-state index in [9.17, 15) is 0 Å². The van der Waals surface area contributed by atoms with E-state index < -0.39 is 0 Å². The summed E-state index contributed by atoms with van der Waals surface area (Å²) in [5.41, 5.74) is 1.05. The van der Waals surface area contributed by atoms with Crippen LogP contribution >= 0.6 is 22.9 Å². The van der Waals surface area contributed by atoms with Crippen LogP contribution in [0.2, 0.25) is 5.02 Å². The third-order valence-electron chi connectivity index (χ3n) is 4.01. The fourth-order valence-corrected chi connectivity index (χ4v) is 3.91. The lowest BCUT2D eigenvalue weighted by molar-refractivity contribution is 0.174. The molecule has 3 aromatic heterocycles. The second kappa shape index (κ2) is 6.15. The molecule has 130 valence electrons. The third kappa shape index (κ3) is 2.63. The molecule has 0 radical (unpaired) electrons. The highest BCUT2D eigenvalue weighted by Crippen LogP contribution is 2.35. The quantitative estimate of drug-likeness (QED) is 0.574. The molecule has 0 spiro atoms. The van der Waals surface area contributed by atoms with Crippen LogP contribution in [0.4, 0.5) is 5.82 Å². The van der Waals surface area contributed by atoms with E-state index in [4.69, 9.17) is 21.1 Å². The van der Waals surface area contributed by atoms with Crippen molar-refractivity contribution >= 4 is 39.0 Å². The van der Waals surface area contributed by atoms with Crippen molar-refractivity contribution in [1.82, 2.24) is 19.5 Å². The van der Waals surface area contributed by atoms with Gasteiger partial charge in [0.15, 0.2) is 11.5 Å². The summed E-state index contributed by atoms with van der Waals surface area (Å²) in [7, 11) is 0.